The molecular weight excluding hydrogens is 326 g/mol. The maximum Gasteiger partial charge on any atom is 0.338 e. The molecule has 0 saturated carbocycles. The fourth-order valence-corrected chi connectivity index (χ4v) is 2.60. The van der Waals surface area contributed by atoms with E-state index in [9.17, 15) is 14.9 Å². The number of ether oxygens (including phenoxy) is 3. The largest absolute Gasteiger partial charge is 0.467 e. The summed E-state index contributed by atoms with van der Waals surface area (Å²) in [5.74, 6) is -0.0130. The molecule has 2 aromatic carbocycles. The zero-order valence-electron chi connectivity index (χ0n) is 13.7. The summed E-state index contributed by atoms with van der Waals surface area (Å²) in [7, 11) is 0. The molecule has 0 radical (unpaired) electrons. The number of hydrogen-bond acceptors (Lipinski definition) is 6. The number of nitrogens with zero attached hydrogens (tertiary/aromatic N) is 1. The number of fused-ring (bicyclic) bond motifs is 1. The van der Waals surface area contributed by atoms with Gasteiger partial charge in [-0.1, -0.05) is 19.1 Å². The van der Waals surface area contributed by atoms with Crippen LogP contribution >= 0.6 is 0 Å². The van der Waals surface area contributed by atoms with Crippen LogP contribution in [0.5, 0.6) is 5.75 Å². The van der Waals surface area contributed by atoms with E-state index in [1.54, 1.807) is 12.1 Å². The van der Waals surface area contributed by atoms with Crippen molar-refractivity contribution in [2.24, 2.45) is 0 Å². The third-order valence-electron chi connectivity index (χ3n) is 3.94. The molecule has 0 atom stereocenters. The molecule has 1 heterocycles. The lowest BCUT2D eigenvalue weighted by Crippen LogP contribution is -2.15. The van der Waals surface area contributed by atoms with E-state index in [1.165, 1.54) is 12.1 Å². The molecule has 2 aromatic rings. The molecule has 0 unspecified atom stereocenters. The van der Waals surface area contributed by atoms with E-state index < -0.39 is 10.9 Å². The molecule has 3 rings (SSSR count). The Labute approximate surface area is 144 Å². The maximum atomic E-state index is 12.2. The summed E-state index contributed by atoms with van der Waals surface area (Å²) in [5.41, 5.74) is 2.48. The minimum Gasteiger partial charge on any atom is -0.467 e. The van der Waals surface area contributed by atoms with Crippen molar-refractivity contribution in [2.45, 2.75) is 26.6 Å². The highest BCUT2D eigenvalue weighted by atomic mass is 16.7. The average Bonchev–Trinajstić information content (AvgIpc) is 2.65. The number of nitro groups is 1. The van der Waals surface area contributed by atoms with Crippen molar-refractivity contribution in [1.82, 2.24) is 0 Å². The zero-order valence-corrected chi connectivity index (χ0v) is 13.7. The molecule has 0 aliphatic carbocycles. The van der Waals surface area contributed by atoms with Crippen molar-refractivity contribution in [3.63, 3.8) is 0 Å². The fraction of sp³-hybridized carbons (Fsp3) is 0.278. The summed E-state index contributed by atoms with van der Waals surface area (Å²) in [6.45, 7) is 2.20. The third kappa shape index (κ3) is 3.77. The molecule has 0 aromatic heterocycles. The first-order chi connectivity index (χ1) is 12.1. The SMILES string of the molecule is CCc1ccc(C(=O)OCc2cc([N+](=O)[O-])cc3c2OCOC3)cc1. The molecule has 0 N–H and O–H groups in total. The Morgan fingerprint density at radius 2 is 2.04 bits per heavy atom. The van der Waals surface area contributed by atoms with Crippen molar-refractivity contribution in [3.8, 4) is 5.75 Å². The molecule has 25 heavy (non-hydrogen) atoms. The molecule has 1 aliphatic heterocycles. The van der Waals surface area contributed by atoms with Crippen molar-refractivity contribution in [2.75, 3.05) is 6.79 Å². The van der Waals surface area contributed by atoms with Gasteiger partial charge in [0, 0.05) is 23.3 Å². The summed E-state index contributed by atoms with van der Waals surface area (Å²) in [4.78, 5) is 22.8. The van der Waals surface area contributed by atoms with E-state index in [1.807, 2.05) is 19.1 Å². The van der Waals surface area contributed by atoms with Gasteiger partial charge in [0.1, 0.15) is 12.4 Å². The average molecular weight is 343 g/mol. The molecule has 0 saturated heterocycles. The summed E-state index contributed by atoms with van der Waals surface area (Å²) >= 11 is 0. The fourth-order valence-electron chi connectivity index (χ4n) is 2.60. The lowest BCUT2D eigenvalue weighted by atomic mass is 10.1. The number of non-ortho nitro benzene ring substituents is 1. The Hall–Kier alpha value is -2.93. The number of rotatable bonds is 5. The van der Waals surface area contributed by atoms with Gasteiger partial charge in [0.05, 0.1) is 17.1 Å². The van der Waals surface area contributed by atoms with Gasteiger partial charge in [-0.05, 0) is 24.1 Å². The molecule has 7 heteroatoms. The first-order valence-electron chi connectivity index (χ1n) is 7.85. The standard InChI is InChI=1S/C18H17NO6/c1-2-12-3-5-13(6-4-12)18(20)24-10-15-8-16(19(21)22)7-14-9-23-11-25-17(14)15/h3-8H,2,9-11H2,1H3. The lowest BCUT2D eigenvalue weighted by molar-refractivity contribution is -0.385. The Balaban J connectivity index is 1.78. The molecular formula is C18H17NO6. The number of aryl methyl sites for hydroxylation is 1. The minimum atomic E-state index is -0.496. The first-order valence-corrected chi connectivity index (χ1v) is 7.85. The van der Waals surface area contributed by atoms with Gasteiger partial charge in [-0.2, -0.15) is 0 Å². The van der Waals surface area contributed by atoms with Gasteiger partial charge in [0.25, 0.3) is 5.69 Å². The Morgan fingerprint density at radius 1 is 1.28 bits per heavy atom. The van der Waals surface area contributed by atoms with Crippen molar-refractivity contribution >= 4 is 11.7 Å². The smallest absolute Gasteiger partial charge is 0.338 e. The molecule has 0 amide bonds. The summed E-state index contributed by atoms with van der Waals surface area (Å²) in [6, 6.07) is 9.91. The van der Waals surface area contributed by atoms with Crippen molar-refractivity contribution in [1.29, 1.82) is 0 Å². The van der Waals surface area contributed by atoms with Gasteiger partial charge in [0.2, 0.25) is 0 Å². The van der Waals surface area contributed by atoms with Crippen LogP contribution in [0.15, 0.2) is 36.4 Å². The molecule has 0 fully saturated rings. The van der Waals surface area contributed by atoms with Gasteiger partial charge >= 0.3 is 5.97 Å². The van der Waals surface area contributed by atoms with Crippen LogP contribution in [0, 0.1) is 10.1 Å². The maximum absolute atomic E-state index is 12.2. The van der Waals surface area contributed by atoms with Gasteiger partial charge in [-0.15, -0.1) is 0 Å². The highest BCUT2D eigenvalue weighted by Crippen LogP contribution is 2.33. The summed E-state index contributed by atoms with van der Waals surface area (Å²) < 4.78 is 15.9. The van der Waals surface area contributed by atoms with E-state index >= 15 is 0 Å². The Bertz CT molecular complexity index is 800. The zero-order chi connectivity index (χ0) is 17.8. The van der Waals surface area contributed by atoms with Crippen molar-refractivity contribution in [3.05, 3.63) is 68.8 Å². The predicted molar refractivity (Wildman–Crippen MR) is 88.3 cm³/mol. The van der Waals surface area contributed by atoms with Crippen LogP contribution in [0.25, 0.3) is 0 Å². The van der Waals surface area contributed by atoms with E-state index in [-0.39, 0.29) is 25.7 Å². The van der Waals surface area contributed by atoms with Crippen LogP contribution in [0.3, 0.4) is 0 Å². The van der Waals surface area contributed by atoms with E-state index in [2.05, 4.69) is 0 Å². The van der Waals surface area contributed by atoms with Crippen molar-refractivity contribution < 1.29 is 23.9 Å². The number of carbonyl (C=O) groups excluding carboxylic acids is 1. The summed E-state index contributed by atoms with van der Waals surface area (Å²) in [6.07, 6.45) is 0.883. The second kappa shape index (κ2) is 7.31. The number of hydrogen-bond donors (Lipinski definition) is 0. The normalized spacial score (nSPS) is 12.8. The minimum absolute atomic E-state index is 0.0598. The van der Waals surface area contributed by atoms with E-state index in [0.717, 1.165) is 12.0 Å². The van der Waals surface area contributed by atoms with Crippen LogP contribution in [-0.2, 0) is 29.1 Å². The number of esters is 1. The second-order valence-corrected chi connectivity index (χ2v) is 5.59. The number of carbonyl (C=O) groups is 1. The molecule has 130 valence electrons. The van der Waals surface area contributed by atoms with Crippen LogP contribution < -0.4 is 4.74 Å². The Morgan fingerprint density at radius 3 is 2.72 bits per heavy atom. The highest BCUT2D eigenvalue weighted by Gasteiger charge is 2.22. The molecule has 7 nitrogen and oxygen atoms in total. The van der Waals surface area contributed by atoms with Gasteiger partial charge in [0.15, 0.2) is 6.79 Å². The number of nitro benzene ring substituents is 1. The predicted octanol–water partition coefficient (Wildman–Crippen LogP) is 3.38. The van der Waals surface area contributed by atoms with Gasteiger partial charge < -0.3 is 14.2 Å². The number of benzene rings is 2. The van der Waals surface area contributed by atoms with Crippen LogP contribution in [0.2, 0.25) is 0 Å². The molecule has 0 bridgehead atoms. The van der Waals surface area contributed by atoms with E-state index in [0.29, 0.717) is 22.4 Å². The Kier molecular flexibility index (Phi) is 4.95. The van der Waals surface area contributed by atoms with Crippen LogP contribution in [-0.4, -0.2) is 17.7 Å². The monoisotopic (exact) mass is 343 g/mol. The van der Waals surface area contributed by atoms with Gasteiger partial charge in [-0.25, -0.2) is 4.79 Å². The van der Waals surface area contributed by atoms with E-state index in [4.69, 9.17) is 14.2 Å². The quantitative estimate of drug-likeness (QED) is 0.470. The summed E-state index contributed by atoms with van der Waals surface area (Å²) in [5, 5.41) is 11.1. The lowest BCUT2D eigenvalue weighted by Gasteiger charge is -2.20. The van der Waals surface area contributed by atoms with Gasteiger partial charge in [-0.3, -0.25) is 10.1 Å². The first kappa shape index (κ1) is 16.9. The van der Waals surface area contributed by atoms with Crippen LogP contribution in [0.1, 0.15) is 34.0 Å². The van der Waals surface area contributed by atoms with Crippen LogP contribution in [0.4, 0.5) is 5.69 Å². The molecule has 0 spiro atoms. The topological polar surface area (TPSA) is 87.9 Å². The highest BCUT2D eigenvalue weighted by molar-refractivity contribution is 5.89. The third-order valence-corrected chi connectivity index (χ3v) is 3.94. The molecule has 1 aliphatic rings. The second-order valence-electron chi connectivity index (χ2n) is 5.59.